The minimum Gasteiger partial charge on any atom is -0.395 e. The summed E-state index contributed by atoms with van der Waals surface area (Å²) < 4.78 is 35.0. The van der Waals surface area contributed by atoms with Crippen LogP contribution in [0.1, 0.15) is 12.8 Å². The smallest absolute Gasteiger partial charge is 0.395 e. The lowest BCUT2D eigenvalue weighted by Crippen LogP contribution is -2.32. The molecule has 2 unspecified atom stereocenters. The molecule has 0 heterocycles. The third-order valence-electron chi connectivity index (χ3n) is 1.42. The van der Waals surface area contributed by atoms with Gasteiger partial charge in [0.2, 0.25) is 0 Å². The Morgan fingerprint density at radius 1 is 1.23 bits per heavy atom. The summed E-state index contributed by atoms with van der Waals surface area (Å²) in [6.45, 7) is -0.370. The monoisotopic (exact) mass is 223 g/mol. The zero-order valence-electron chi connectivity index (χ0n) is 6.79. The Kier molecular flexibility index (Phi) is 7.62. The van der Waals surface area contributed by atoms with Crippen LogP contribution in [0.25, 0.3) is 0 Å². The lowest BCUT2D eigenvalue weighted by atomic mass is 10.1. The fraction of sp³-hybridized carbons (Fsp3) is 1.00. The van der Waals surface area contributed by atoms with Gasteiger partial charge in [0.25, 0.3) is 0 Å². The summed E-state index contributed by atoms with van der Waals surface area (Å²) in [4.78, 5) is 0. The molecule has 7 heteroatoms. The van der Waals surface area contributed by atoms with Crippen molar-refractivity contribution in [2.24, 2.45) is 5.73 Å². The third-order valence-corrected chi connectivity index (χ3v) is 1.42. The molecule has 2 atom stereocenters. The maximum absolute atomic E-state index is 11.7. The van der Waals surface area contributed by atoms with Gasteiger partial charge >= 0.3 is 6.18 Å². The Labute approximate surface area is 80.1 Å². The van der Waals surface area contributed by atoms with Crippen molar-refractivity contribution in [3.8, 4) is 0 Å². The van der Waals surface area contributed by atoms with Gasteiger partial charge in [0.1, 0.15) is 6.10 Å². The SMILES string of the molecule is Cl.NC(CO)CCC(O)C(F)(F)F. The first kappa shape index (κ1) is 15.4. The van der Waals surface area contributed by atoms with Gasteiger partial charge in [0.15, 0.2) is 0 Å². The lowest BCUT2D eigenvalue weighted by molar-refractivity contribution is -0.205. The van der Waals surface area contributed by atoms with Crippen LogP contribution in [0.5, 0.6) is 0 Å². The molecule has 0 aromatic rings. The van der Waals surface area contributed by atoms with Crippen molar-refractivity contribution in [3.05, 3.63) is 0 Å². The number of hydrogen-bond donors (Lipinski definition) is 3. The van der Waals surface area contributed by atoms with E-state index in [4.69, 9.17) is 15.9 Å². The molecule has 0 saturated heterocycles. The van der Waals surface area contributed by atoms with E-state index in [1.807, 2.05) is 0 Å². The van der Waals surface area contributed by atoms with E-state index in [1.54, 1.807) is 0 Å². The average Bonchev–Trinajstić information content (AvgIpc) is 1.97. The minimum absolute atomic E-state index is 0. The van der Waals surface area contributed by atoms with Gasteiger partial charge in [0.05, 0.1) is 6.61 Å². The van der Waals surface area contributed by atoms with Gasteiger partial charge in [-0.15, -0.1) is 12.4 Å². The van der Waals surface area contributed by atoms with Gasteiger partial charge in [0, 0.05) is 6.04 Å². The average molecular weight is 224 g/mol. The number of nitrogens with two attached hydrogens (primary N) is 1. The molecule has 4 N–H and O–H groups in total. The van der Waals surface area contributed by atoms with Crippen LogP contribution in [0.3, 0.4) is 0 Å². The summed E-state index contributed by atoms with van der Waals surface area (Å²) in [5.74, 6) is 0. The number of alkyl halides is 3. The first-order valence-electron chi connectivity index (χ1n) is 3.49. The van der Waals surface area contributed by atoms with Crippen LogP contribution in [-0.4, -0.2) is 35.1 Å². The molecule has 0 amide bonds. The van der Waals surface area contributed by atoms with Crippen LogP contribution in [0.2, 0.25) is 0 Å². The summed E-state index contributed by atoms with van der Waals surface area (Å²) in [5, 5.41) is 16.8. The van der Waals surface area contributed by atoms with Crippen LogP contribution in [0, 0.1) is 0 Å². The summed E-state index contributed by atoms with van der Waals surface area (Å²) in [5.41, 5.74) is 5.14. The Morgan fingerprint density at radius 2 is 1.69 bits per heavy atom. The van der Waals surface area contributed by atoms with E-state index in [0.717, 1.165) is 0 Å². The predicted molar refractivity (Wildman–Crippen MR) is 43.6 cm³/mol. The normalized spacial score (nSPS) is 16.2. The van der Waals surface area contributed by atoms with Crippen molar-refractivity contribution >= 4 is 12.4 Å². The second kappa shape index (κ2) is 6.42. The molecule has 0 saturated carbocycles. The highest BCUT2D eigenvalue weighted by atomic mass is 35.5. The van der Waals surface area contributed by atoms with Crippen molar-refractivity contribution in [1.82, 2.24) is 0 Å². The van der Waals surface area contributed by atoms with E-state index in [1.165, 1.54) is 0 Å². The predicted octanol–water partition coefficient (Wildman–Crippen LogP) is 0.431. The molecule has 0 aromatic heterocycles. The van der Waals surface area contributed by atoms with E-state index in [-0.39, 0.29) is 25.4 Å². The number of halogens is 4. The van der Waals surface area contributed by atoms with Crippen LogP contribution < -0.4 is 5.73 Å². The van der Waals surface area contributed by atoms with Gasteiger partial charge in [-0.05, 0) is 12.8 Å². The molecule has 13 heavy (non-hydrogen) atoms. The molecular formula is C6H13ClF3NO2. The number of aliphatic hydroxyl groups is 2. The standard InChI is InChI=1S/C6H12F3NO2.ClH/c7-6(8,9)5(12)2-1-4(10)3-11;/h4-5,11-12H,1-3,10H2;1H. The molecule has 0 rings (SSSR count). The molecule has 0 aromatic carbocycles. The van der Waals surface area contributed by atoms with Crippen molar-refractivity contribution in [3.63, 3.8) is 0 Å². The van der Waals surface area contributed by atoms with Gasteiger partial charge in [-0.2, -0.15) is 13.2 Å². The summed E-state index contributed by atoms with van der Waals surface area (Å²) in [6, 6.07) is -0.693. The van der Waals surface area contributed by atoms with E-state index >= 15 is 0 Å². The number of rotatable bonds is 4. The maximum Gasteiger partial charge on any atom is 0.414 e. The van der Waals surface area contributed by atoms with Crippen LogP contribution >= 0.6 is 12.4 Å². The van der Waals surface area contributed by atoms with Gasteiger partial charge in [-0.3, -0.25) is 0 Å². The molecular weight excluding hydrogens is 211 g/mol. The van der Waals surface area contributed by atoms with E-state index in [9.17, 15) is 13.2 Å². The highest BCUT2D eigenvalue weighted by Gasteiger charge is 2.37. The van der Waals surface area contributed by atoms with Crippen molar-refractivity contribution < 1.29 is 23.4 Å². The highest BCUT2D eigenvalue weighted by Crippen LogP contribution is 2.23. The van der Waals surface area contributed by atoms with Crippen molar-refractivity contribution in [2.45, 2.75) is 31.2 Å². The molecule has 0 spiro atoms. The minimum atomic E-state index is -4.59. The zero-order chi connectivity index (χ0) is 9.78. The fourth-order valence-electron chi connectivity index (χ4n) is 0.627. The molecule has 0 aliphatic heterocycles. The second-order valence-electron chi connectivity index (χ2n) is 2.58. The summed E-state index contributed by atoms with van der Waals surface area (Å²) in [6.07, 6.45) is -7.44. The maximum atomic E-state index is 11.7. The Balaban J connectivity index is 0. The van der Waals surface area contributed by atoms with E-state index in [2.05, 4.69) is 0 Å². The van der Waals surface area contributed by atoms with Crippen molar-refractivity contribution in [1.29, 1.82) is 0 Å². The quantitative estimate of drug-likeness (QED) is 0.648. The van der Waals surface area contributed by atoms with E-state index < -0.39 is 24.7 Å². The van der Waals surface area contributed by atoms with Crippen LogP contribution in [0.15, 0.2) is 0 Å². The van der Waals surface area contributed by atoms with Crippen LogP contribution in [0.4, 0.5) is 13.2 Å². The Morgan fingerprint density at radius 3 is 2.00 bits per heavy atom. The fourth-order valence-corrected chi connectivity index (χ4v) is 0.627. The van der Waals surface area contributed by atoms with Gasteiger partial charge < -0.3 is 15.9 Å². The molecule has 0 radical (unpaired) electrons. The lowest BCUT2D eigenvalue weighted by Gasteiger charge is -2.15. The first-order chi connectivity index (χ1) is 5.38. The highest BCUT2D eigenvalue weighted by molar-refractivity contribution is 5.85. The second-order valence-corrected chi connectivity index (χ2v) is 2.58. The molecule has 0 aliphatic carbocycles. The molecule has 3 nitrogen and oxygen atoms in total. The Bertz CT molecular complexity index is 134. The van der Waals surface area contributed by atoms with Gasteiger partial charge in [-0.25, -0.2) is 0 Å². The molecule has 82 valence electrons. The zero-order valence-corrected chi connectivity index (χ0v) is 7.61. The third kappa shape index (κ3) is 7.06. The molecule has 0 fully saturated rings. The molecule has 0 bridgehead atoms. The summed E-state index contributed by atoms with van der Waals surface area (Å²) >= 11 is 0. The number of aliphatic hydroxyl groups excluding tert-OH is 2. The summed E-state index contributed by atoms with van der Waals surface area (Å²) in [7, 11) is 0. The largest absolute Gasteiger partial charge is 0.414 e. The Hall–Kier alpha value is -0.0400. The molecule has 0 aliphatic rings. The van der Waals surface area contributed by atoms with Crippen molar-refractivity contribution in [2.75, 3.05) is 6.61 Å². The topological polar surface area (TPSA) is 66.5 Å². The van der Waals surface area contributed by atoms with Crippen LogP contribution in [-0.2, 0) is 0 Å². The van der Waals surface area contributed by atoms with Gasteiger partial charge in [-0.1, -0.05) is 0 Å². The van der Waals surface area contributed by atoms with E-state index in [0.29, 0.717) is 0 Å². The number of hydrogen-bond acceptors (Lipinski definition) is 3. The first-order valence-corrected chi connectivity index (χ1v) is 3.49.